The van der Waals surface area contributed by atoms with E-state index in [4.69, 9.17) is 27.9 Å². The Balaban J connectivity index is 2.00. The fraction of sp³-hybridized carbons (Fsp3) is 0.300. The zero-order valence-electron chi connectivity index (χ0n) is 23.1. The first-order valence-corrected chi connectivity index (χ1v) is 13.4. The number of Topliss-reactive ketones (excluding diaryl/α,β-unsaturated/α-hetero) is 2. The maximum Gasteiger partial charge on any atom is 0.435 e. The summed E-state index contributed by atoms with van der Waals surface area (Å²) in [7, 11) is 0. The third-order valence-electron chi connectivity index (χ3n) is 6.64. The van der Waals surface area contributed by atoms with Gasteiger partial charge in [0, 0.05) is 40.1 Å². The van der Waals surface area contributed by atoms with Crippen molar-refractivity contribution in [3.63, 3.8) is 0 Å². The third-order valence-corrected chi connectivity index (χ3v) is 7.29. The van der Waals surface area contributed by atoms with Crippen LogP contribution in [0.5, 0.6) is 5.75 Å². The van der Waals surface area contributed by atoms with Gasteiger partial charge in [-0.25, -0.2) is 4.39 Å². The lowest BCUT2D eigenvalue weighted by molar-refractivity contribution is -0.348. The molecular formula is C30H22Cl2F7O5-. The molecule has 0 unspecified atom stereocenters. The predicted octanol–water partition coefficient (Wildman–Crippen LogP) is 7.59. The SMILES string of the molecule is Cc1c(CC(=O)c2ccc(C(=O)[O-])cc2Cl)cccc1C(=O)Cc1c(Cl)cc(C(F)(C(F)(F)F)C(F)(F)F)cc1OC(C)C. The Kier molecular flexibility index (Phi) is 10.1. The van der Waals surface area contributed by atoms with E-state index < -0.39 is 64.4 Å². The summed E-state index contributed by atoms with van der Waals surface area (Å²) in [6.45, 7) is 4.33. The lowest BCUT2D eigenvalue weighted by Crippen LogP contribution is -2.50. The van der Waals surface area contributed by atoms with Crippen LogP contribution < -0.4 is 9.84 Å². The molecule has 0 saturated carbocycles. The number of carbonyl (C=O) groups excluding carboxylic acids is 3. The van der Waals surface area contributed by atoms with E-state index in [9.17, 15) is 50.2 Å². The highest BCUT2D eigenvalue weighted by Crippen LogP contribution is 2.54. The smallest absolute Gasteiger partial charge is 0.435 e. The summed E-state index contributed by atoms with van der Waals surface area (Å²) < 4.78 is 101. The van der Waals surface area contributed by atoms with E-state index in [0.717, 1.165) is 12.1 Å². The van der Waals surface area contributed by atoms with E-state index in [1.165, 1.54) is 45.0 Å². The van der Waals surface area contributed by atoms with Gasteiger partial charge in [0.2, 0.25) is 0 Å². The average molecular weight is 666 g/mol. The molecule has 0 spiro atoms. The molecule has 3 aromatic carbocycles. The first-order valence-electron chi connectivity index (χ1n) is 12.7. The Hall–Kier alpha value is -3.64. The van der Waals surface area contributed by atoms with Gasteiger partial charge in [-0.3, -0.25) is 9.59 Å². The quantitative estimate of drug-likeness (QED) is 0.165. The molecule has 0 heterocycles. The molecule has 0 aliphatic carbocycles. The number of carbonyl (C=O) groups is 3. The van der Waals surface area contributed by atoms with Crippen LogP contribution in [0.3, 0.4) is 0 Å². The molecule has 0 aliphatic rings. The topological polar surface area (TPSA) is 83.5 Å². The molecule has 5 nitrogen and oxygen atoms in total. The zero-order valence-corrected chi connectivity index (χ0v) is 24.6. The van der Waals surface area contributed by atoms with Crippen molar-refractivity contribution in [1.82, 2.24) is 0 Å². The fourth-order valence-corrected chi connectivity index (χ4v) is 4.96. The molecule has 0 amide bonds. The van der Waals surface area contributed by atoms with Crippen LogP contribution in [-0.2, 0) is 18.5 Å². The van der Waals surface area contributed by atoms with Gasteiger partial charge in [0.25, 0.3) is 0 Å². The van der Waals surface area contributed by atoms with Crippen molar-refractivity contribution >= 4 is 40.7 Å². The van der Waals surface area contributed by atoms with E-state index in [1.807, 2.05) is 0 Å². The summed E-state index contributed by atoms with van der Waals surface area (Å²) in [4.78, 5) is 37.3. The number of benzene rings is 3. The maximum absolute atomic E-state index is 14.8. The van der Waals surface area contributed by atoms with Gasteiger partial charge in [0.05, 0.1) is 17.1 Å². The fourth-order valence-electron chi connectivity index (χ4n) is 4.40. The average Bonchev–Trinajstić information content (AvgIpc) is 2.89. The molecule has 3 aromatic rings. The molecule has 3 rings (SSSR count). The van der Waals surface area contributed by atoms with Crippen molar-refractivity contribution in [2.75, 3.05) is 0 Å². The molecule has 0 bridgehead atoms. The summed E-state index contributed by atoms with van der Waals surface area (Å²) in [5, 5.41) is 10.1. The van der Waals surface area contributed by atoms with Gasteiger partial charge in [-0.05, 0) is 61.7 Å². The van der Waals surface area contributed by atoms with E-state index in [-0.39, 0.29) is 45.8 Å². The van der Waals surface area contributed by atoms with Crippen LogP contribution in [0.15, 0.2) is 48.5 Å². The zero-order chi connectivity index (χ0) is 33.4. The minimum Gasteiger partial charge on any atom is -0.545 e. The first-order chi connectivity index (χ1) is 20.2. The maximum atomic E-state index is 14.8. The Morgan fingerprint density at radius 3 is 1.93 bits per heavy atom. The lowest BCUT2D eigenvalue weighted by atomic mass is 9.90. The molecule has 14 heteroatoms. The Morgan fingerprint density at radius 2 is 1.41 bits per heavy atom. The molecule has 0 aliphatic heterocycles. The van der Waals surface area contributed by atoms with Crippen LogP contribution in [0, 0.1) is 6.92 Å². The number of hydrogen-bond acceptors (Lipinski definition) is 5. The highest BCUT2D eigenvalue weighted by molar-refractivity contribution is 6.34. The molecule has 44 heavy (non-hydrogen) atoms. The first kappa shape index (κ1) is 34.8. The van der Waals surface area contributed by atoms with Crippen molar-refractivity contribution in [3.8, 4) is 5.75 Å². The van der Waals surface area contributed by atoms with Crippen LogP contribution >= 0.6 is 23.2 Å². The van der Waals surface area contributed by atoms with Crippen molar-refractivity contribution in [2.24, 2.45) is 0 Å². The van der Waals surface area contributed by atoms with Crippen LogP contribution in [0.2, 0.25) is 10.0 Å². The highest BCUT2D eigenvalue weighted by Gasteiger charge is 2.73. The van der Waals surface area contributed by atoms with E-state index in [0.29, 0.717) is 11.1 Å². The van der Waals surface area contributed by atoms with Gasteiger partial charge >= 0.3 is 18.0 Å². The summed E-state index contributed by atoms with van der Waals surface area (Å²) in [6.07, 6.45) is -14.5. The molecule has 0 N–H and O–H groups in total. The molecule has 236 valence electrons. The van der Waals surface area contributed by atoms with Crippen molar-refractivity contribution in [3.05, 3.63) is 97.5 Å². The van der Waals surface area contributed by atoms with Crippen molar-refractivity contribution < 1.29 is 55.0 Å². The van der Waals surface area contributed by atoms with E-state index >= 15 is 0 Å². The Bertz CT molecular complexity index is 1600. The molecular weight excluding hydrogens is 644 g/mol. The number of halogens is 9. The van der Waals surface area contributed by atoms with Crippen molar-refractivity contribution in [1.29, 1.82) is 0 Å². The van der Waals surface area contributed by atoms with E-state index in [2.05, 4.69) is 0 Å². The van der Waals surface area contributed by atoms with Crippen LogP contribution in [0.1, 0.15) is 67.2 Å². The monoisotopic (exact) mass is 665 g/mol. The Labute approximate surface area is 256 Å². The van der Waals surface area contributed by atoms with Gasteiger partial charge in [0.15, 0.2) is 11.6 Å². The normalized spacial score (nSPS) is 12.4. The third kappa shape index (κ3) is 7.02. The summed E-state index contributed by atoms with van der Waals surface area (Å²) in [5.41, 5.74) is -7.39. The number of carboxylic acids is 1. The molecule has 0 radical (unpaired) electrons. The van der Waals surface area contributed by atoms with Crippen LogP contribution in [0.4, 0.5) is 30.7 Å². The number of ketones is 2. The second-order valence-corrected chi connectivity index (χ2v) is 10.8. The summed E-state index contributed by atoms with van der Waals surface area (Å²) in [5.74, 6) is -3.34. The number of rotatable bonds is 10. The standard InChI is InChI=1S/C30H23Cl2F7O5/c1-14(2)44-26-12-18(28(33,29(34,35)36)30(37,38)39)11-23(32)21(26)13-25(41)19-6-4-5-16(15(19)3)10-24(40)20-8-7-17(27(42)43)9-22(20)31/h4-9,11-12,14H,10,13H2,1-3H3,(H,42,43)/p-1. The van der Waals surface area contributed by atoms with Crippen LogP contribution in [0.25, 0.3) is 0 Å². The number of hydrogen-bond donors (Lipinski definition) is 0. The summed E-state index contributed by atoms with van der Waals surface area (Å²) in [6, 6.07) is 8.18. The molecule has 0 saturated heterocycles. The highest BCUT2D eigenvalue weighted by atomic mass is 35.5. The van der Waals surface area contributed by atoms with Gasteiger partial charge in [0.1, 0.15) is 5.75 Å². The minimum absolute atomic E-state index is 0.0109. The molecule has 0 atom stereocenters. The van der Waals surface area contributed by atoms with Crippen LogP contribution in [-0.4, -0.2) is 36.0 Å². The second-order valence-electron chi connectivity index (χ2n) is 10.0. The van der Waals surface area contributed by atoms with E-state index in [1.54, 1.807) is 0 Å². The molecule has 0 fully saturated rings. The van der Waals surface area contributed by atoms with Gasteiger partial charge in [-0.1, -0.05) is 47.5 Å². The number of ether oxygens (including phenoxy) is 1. The minimum atomic E-state index is -6.39. The van der Waals surface area contributed by atoms with Gasteiger partial charge in [-0.2, -0.15) is 26.3 Å². The largest absolute Gasteiger partial charge is 0.545 e. The van der Waals surface area contributed by atoms with Crippen molar-refractivity contribution in [2.45, 2.75) is 57.7 Å². The second kappa shape index (κ2) is 12.8. The predicted molar refractivity (Wildman–Crippen MR) is 145 cm³/mol. The van der Waals surface area contributed by atoms with Gasteiger partial charge < -0.3 is 14.6 Å². The number of aromatic carboxylic acids is 1. The summed E-state index contributed by atoms with van der Waals surface area (Å²) >= 11 is 12.1. The number of alkyl halides is 7. The number of carboxylic acid groups (broad SMARTS) is 1. The molecule has 0 aromatic heterocycles. The Morgan fingerprint density at radius 1 is 0.818 bits per heavy atom. The lowest BCUT2D eigenvalue weighted by Gasteiger charge is -2.31. The van der Waals surface area contributed by atoms with Gasteiger partial charge in [-0.15, -0.1) is 0 Å².